The molecule has 1 atom stereocenters. The van der Waals surface area contributed by atoms with Gasteiger partial charge in [0.1, 0.15) is 0 Å². The maximum atomic E-state index is 13.4. The molecule has 1 unspecified atom stereocenters. The van der Waals surface area contributed by atoms with Gasteiger partial charge in [0.2, 0.25) is 0 Å². The molecule has 0 spiro atoms. The molecule has 0 aliphatic heterocycles. The van der Waals surface area contributed by atoms with E-state index in [1.165, 1.54) is 74.6 Å². The van der Waals surface area contributed by atoms with Crippen LogP contribution in [0.1, 0.15) is 43.4 Å². The first-order valence-electron chi connectivity index (χ1n) is 19.7. The number of benzene rings is 8. The van der Waals surface area contributed by atoms with Crippen LogP contribution >= 0.6 is 0 Å². The van der Waals surface area contributed by atoms with Crippen molar-refractivity contribution < 1.29 is 72.4 Å². The molecule has 9 heteroatoms. The van der Waals surface area contributed by atoms with Crippen molar-refractivity contribution >= 4 is 24.8 Å². The smallest absolute Gasteiger partial charge is 1.00 e. The molecular formula is C53H34Cl2F6Zr. The van der Waals surface area contributed by atoms with Gasteiger partial charge in [0.25, 0.3) is 0 Å². The third-order valence-corrected chi connectivity index (χ3v) is 20.2. The molecule has 8 aromatic rings. The van der Waals surface area contributed by atoms with Gasteiger partial charge in [-0.2, -0.15) is 0 Å². The zero-order chi connectivity index (χ0) is 41.2. The van der Waals surface area contributed by atoms with Crippen LogP contribution in [0.3, 0.4) is 0 Å². The molecule has 0 amide bonds. The fraction of sp³-hybridized carbons (Fsp3) is 0.0755. The van der Waals surface area contributed by atoms with Gasteiger partial charge in [0, 0.05) is 0 Å². The van der Waals surface area contributed by atoms with Crippen molar-refractivity contribution in [3.8, 4) is 33.4 Å². The van der Waals surface area contributed by atoms with E-state index in [2.05, 4.69) is 115 Å². The molecule has 0 radical (unpaired) electrons. The Kier molecular flexibility index (Phi) is 11.9. The summed E-state index contributed by atoms with van der Waals surface area (Å²) < 4.78 is 83.4. The molecule has 0 heterocycles. The van der Waals surface area contributed by atoms with Crippen LogP contribution in [0.15, 0.2) is 191 Å². The standard InChI is InChI=1S/C27H16F6.C21H13.C5H5.2ClH.Zr/c28-26(29,30)24-13-9-22(10-14-24)20-5-1-18(2-6-20)17-19-3-7-21(8-4-19)23-11-15-25(16-12-23)27(31,32)33;1-2-8-15-14(7-1)13-20-18-11-4-3-9-16(18)17-10-5-6-12-19(17)21(15)20;1-2-4-5-3-1;;;/h1-16H;1-13H;1-3H,4H2;2*1H;/q;;;;;+2/p-2. The summed E-state index contributed by atoms with van der Waals surface area (Å²) in [7, 11) is 0. The number of hydrogen-bond acceptors (Lipinski definition) is 0. The largest absolute Gasteiger partial charge is 1.00 e. The van der Waals surface area contributed by atoms with E-state index < -0.39 is 44.7 Å². The van der Waals surface area contributed by atoms with Gasteiger partial charge in [-0.1, -0.05) is 0 Å². The summed E-state index contributed by atoms with van der Waals surface area (Å²) in [5, 5.41) is 4.91. The van der Waals surface area contributed by atoms with E-state index in [1.54, 1.807) is 0 Å². The second-order valence-electron chi connectivity index (χ2n) is 15.3. The minimum atomic E-state index is -4.42. The van der Waals surface area contributed by atoms with Crippen molar-refractivity contribution in [2.24, 2.45) is 0 Å². The summed E-state index contributed by atoms with van der Waals surface area (Å²) in [6, 6.07) is 53.2. The maximum Gasteiger partial charge on any atom is -1.00 e. The van der Waals surface area contributed by atoms with Crippen LogP contribution in [0, 0.1) is 0 Å². The summed E-state index contributed by atoms with van der Waals surface area (Å²) in [5.74, 6) is 0. The van der Waals surface area contributed by atoms with Gasteiger partial charge in [-0.25, -0.2) is 0 Å². The molecule has 0 saturated carbocycles. The Morgan fingerprint density at radius 2 is 0.887 bits per heavy atom. The van der Waals surface area contributed by atoms with Gasteiger partial charge in [-0.3, -0.25) is 0 Å². The van der Waals surface area contributed by atoms with E-state index in [-0.39, 0.29) is 28.4 Å². The monoisotopic (exact) mass is 944 g/mol. The van der Waals surface area contributed by atoms with E-state index >= 15 is 0 Å². The van der Waals surface area contributed by atoms with E-state index in [9.17, 15) is 26.3 Å². The minimum Gasteiger partial charge on any atom is -1.00 e. The fourth-order valence-electron chi connectivity index (χ4n) is 9.17. The van der Waals surface area contributed by atoms with Gasteiger partial charge in [-0.15, -0.1) is 0 Å². The van der Waals surface area contributed by atoms with Crippen LogP contribution in [-0.4, -0.2) is 3.21 Å². The van der Waals surface area contributed by atoms with Crippen LogP contribution in [0.5, 0.6) is 0 Å². The molecular weight excluding hydrogens is 913 g/mol. The third-order valence-electron chi connectivity index (χ3n) is 11.9. The molecule has 0 nitrogen and oxygen atoms in total. The molecule has 306 valence electrons. The van der Waals surface area contributed by atoms with Crippen molar-refractivity contribution in [1.29, 1.82) is 0 Å². The van der Waals surface area contributed by atoms with Crippen LogP contribution in [0.4, 0.5) is 26.3 Å². The van der Waals surface area contributed by atoms with Gasteiger partial charge in [-0.05, 0) is 0 Å². The molecule has 0 N–H and O–H groups in total. The molecule has 10 rings (SSSR count). The molecule has 2 aliphatic carbocycles. The van der Waals surface area contributed by atoms with Gasteiger partial charge < -0.3 is 24.8 Å². The average Bonchev–Trinajstić information content (AvgIpc) is 3.93. The van der Waals surface area contributed by atoms with Crippen molar-refractivity contribution in [1.82, 2.24) is 0 Å². The molecule has 0 fully saturated rings. The Morgan fingerprint density at radius 3 is 1.35 bits per heavy atom. The summed E-state index contributed by atoms with van der Waals surface area (Å²) in [6.07, 6.45) is -1.30. The molecule has 0 saturated heterocycles. The first-order chi connectivity index (χ1) is 29.0. The SMILES string of the molecule is FC(F)(F)c1ccc(-c2ccc([C](c3ccc(-c4ccc(C(F)(F)F)cc4)cc3)=[Zr+2]([C]3=CC=CC3)[CH]3c4ccccc4-c4c3c3ccccc3c3ccccc43)cc2)cc1.[Cl-].[Cl-]. The Bertz CT molecular complexity index is 2950. The second-order valence-corrected chi connectivity index (χ2v) is 21.6. The van der Waals surface area contributed by atoms with E-state index in [0.717, 1.165) is 52.9 Å². The third kappa shape index (κ3) is 7.74. The first kappa shape index (κ1) is 43.3. The van der Waals surface area contributed by atoms with Gasteiger partial charge >= 0.3 is 353 Å². The van der Waals surface area contributed by atoms with Gasteiger partial charge in [0.15, 0.2) is 0 Å². The van der Waals surface area contributed by atoms with Crippen molar-refractivity contribution in [3.63, 3.8) is 0 Å². The van der Waals surface area contributed by atoms with Crippen LogP contribution < -0.4 is 24.8 Å². The number of hydrogen-bond donors (Lipinski definition) is 0. The maximum absolute atomic E-state index is 13.4. The van der Waals surface area contributed by atoms with Crippen LogP contribution in [0.2, 0.25) is 0 Å². The number of rotatable bonds is 6. The van der Waals surface area contributed by atoms with Crippen LogP contribution in [0.25, 0.3) is 54.9 Å². The Morgan fingerprint density at radius 1 is 0.468 bits per heavy atom. The van der Waals surface area contributed by atoms with Crippen LogP contribution in [-0.2, 0) is 33.6 Å². The first-order valence-corrected chi connectivity index (χ1v) is 23.6. The summed E-state index contributed by atoms with van der Waals surface area (Å²) in [5.41, 5.74) is 8.92. The van der Waals surface area contributed by atoms with Crippen molar-refractivity contribution in [2.45, 2.75) is 22.4 Å². The molecule has 8 aromatic carbocycles. The van der Waals surface area contributed by atoms with E-state index in [0.29, 0.717) is 11.1 Å². The number of fused-ring (bicyclic) bond motifs is 8. The van der Waals surface area contributed by atoms with E-state index in [4.69, 9.17) is 0 Å². The Balaban J connectivity index is 0.00000264. The Hall–Kier alpha value is -5.33. The summed E-state index contributed by atoms with van der Waals surface area (Å²) in [6.45, 7) is 0. The number of alkyl halides is 6. The predicted octanol–water partition coefficient (Wildman–Crippen LogP) is 9.17. The number of allylic oxidation sites excluding steroid dienone is 4. The predicted molar refractivity (Wildman–Crippen MR) is 228 cm³/mol. The zero-order valence-corrected chi connectivity index (χ0v) is 36.7. The number of halogens is 8. The van der Waals surface area contributed by atoms with Crippen molar-refractivity contribution in [3.05, 3.63) is 225 Å². The summed E-state index contributed by atoms with van der Waals surface area (Å²) >= 11 is -3.24. The quantitative estimate of drug-likeness (QED) is 0.115. The average molecular weight is 947 g/mol. The fourth-order valence-corrected chi connectivity index (χ4v) is 18.3. The Labute approximate surface area is 375 Å². The molecule has 0 aromatic heterocycles. The minimum absolute atomic E-state index is 0. The normalized spacial score (nSPS) is 14.0. The summed E-state index contributed by atoms with van der Waals surface area (Å²) in [4.78, 5) is 0. The molecule has 2 aliphatic rings. The second kappa shape index (κ2) is 17.1. The molecule has 62 heavy (non-hydrogen) atoms. The molecule has 0 bridgehead atoms. The topological polar surface area (TPSA) is 0 Å². The van der Waals surface area contributed by atoms with Crippen molar-refractivity contribution in [2.75, 3.05) is 0 Å². The zero-order valence-electron chi connectivity index (χ0n) is 32.7. The van der Waals surface area contributed by atoms with E-state index in [1.807, 2.05) is 24.3 Å². The van der Waals surface area contributed by atoms with Gasteiger partial charge in [0.05, 0.1) is 0 Å².